The maximum atomic E-state index is 12.5. The van der Waals surface area contributed by atoms with Crippen LogP contribution in [0.5, 0.6) is 0 Å². The highest BCUT2D eigenvalue weighted by Crippen LogP contribution is 2.31. The summed E-state index contributed by atoms with van der Waals surface area (Å²) >= 11 is 0. The monoisotopic (exact) mass is 573 g/mol. The molecule has 1 aromatic heterocycles. The van der Waals surface area contributed by atoms with Crippen molar-refractivity contribution in [1.29, 1.82) is 0 Å². The Balaban J connectivity index is 0.000000449. The van der Waals surface area contributed by atoms with Crippen LogP contribution in [0, 0.1) is 5.41 Å². The summed E-state index contributed by atoms with van der Waals surface area (Å²) in [5.41, 5.74) is 0.930. The first kappa shape index (κ1) is 33.4. The summed E-state index contributed by atoms with van der Waals surface area (Å²) in [4.78, 5) is 50.6. The molecule has 3 heterocycles. The molecule has 17 heteroatoms. The van der Waals surface area contributed by atoms with Gasteiger partial charge in [0, 0.05) is 69.5 Å². The first-order chi connectivity index (χ1) is 17.8. The minimum atomic E-state index is -5.08. The van der Waals surface area contributed by atoms with Gasteiger partial charge in [-0.05, 0) is 25.5 Å². The van der Waals surface area contributed by atoms with Crippen LogP contribution < -0.4 is 10.6 Å². The van der Waals surface area contributed by atoms with E-state index in [1.807, 2.05) is 31.0 Å². The Hall–Kier alpha value is -3.63. The van der Waals surface area contributed by atoms with Crippen LogP contribution in [0.4, 0.5) is 31.1 Å². The van der Waals surface area contributed by atoms with Gasteiger partial charge in [0.05, 0.1) is 0 Å². The smallest absolute Gasteiger partial charge is 0.475 e. The van der Waals surface area contributed by atoms with E-state index in [1.165, 1.54) is 0 Å². The van der Waals surface area contributed by atoms with Crippen LogP contribution in [-0.2, 0) is 20.9 Å². The Bertz CT molecular complexity index is 968. The summed E-state index contributed by atoms with van der Waals surface area (Å²) in [6.07, 6.45) is -6.05. The molecule has 0 saturated carbocycles. The largest absolute Gasteiger partial charge is 0.490 e. The standard InChI is InChI=1S/C18H27N5O2.2C2HF3O2/c1-14(2)21-17(25)23-7-6-22(10-15-4-3-5-19-9-15)12-18(13-23)8-16(24)20-11-18;2*3-2(4,5)1(6)7/h3-5,9,14H,6-8,10-13H2,1-2H3,(H,20,24)(H,21,25);2*(H,6,7). The van der Waals surface area contributed by atoms with E-state index >= 15 is 0 Å². The van der Waals surface area contributed by atoms with E-state index in [9.17, 15) is 35.9 Å². The summed E-state index contributed by atoms with van der Waals surface area (Å²) < 4.78 is 63.5. The highest BCUT2D eigenvalue weighted by atomic mass is 19.4. The maximum Gasteiger partial charge on any atom is 0.490 e. The number of hydrogen-bond donors (Lipinski definition) is 4. The lowest BCUT2D eigenvalue weighted by Crippen LogP contribution is -2.48. The number of nitrogens with zero attached hydrogens (tertiary/aromatic N) is 3. The summed E-state index contributed by atoms with van der Waals surface area (Å²) in [6, 6.07) is 4.05. The van der Waals surface area contributed by atoms with Crippen LogP contribution in [0.25, 0.3) is 0 Å². The number of halogens is 6. The highest BCUT2D eigenvalue weighted by Gasteiger charge is 2.44. The molecule has 1 atom stereocenters. The van der Waals surface area contributed by atoms with Crippen LogP contribution in [0.3, 0.4) is 0 Å². The molecule has 2 saturated heterocycles. The lowest BCUT2D eigenvalue weighted by molar-refractivity contribution is -0.193. The minimum absolute atomic E-state index is 0.0445. The quantitative estimate of drug-likeness (QED) is 0.402. The molecule has 11 nitrogen and oxygen atoms in total. The zero-order valence-corrected chi connectivity index (χ0v) is 21.0. The number of nitrogens with one attached hydrogen (secondary N) is 2. The van der Waals surface area contributed by atoms with Gasteiger partial charge in [-0.3, -0.25) is 14.7 Å². The van der Waals surface area contributed by atoms with Crippen molar-refractivity contribution < 1.29 is 55.7 Å². The van der Waals surface area contributed by atoms with Gasteiger partial charge in [0.15, 0.2) is 0 Å². The molecule has 0 bridgehead atoms. The van der Waals surface area contributed by atoms with E-state index < -0.39 is 24.3 Å². The van der Waals surface area contributed by atoms with Crippen LogP contribution >= 0.6 is 0 Å². The Kier molecular flexibility index (Phi) is 12.0. The Morgan fingerprint density at radius 1 is 1.08 bits per heavy atom. The molecule has 1 unspecified atom stereocenters. The number of pyridine rings is 1. The lowest BCUT2D eigenvalue weighted by atomic mass is 9.86. The van der Waals surface area contributed by atoms with Crippen LogP contribution in [0.1, 0.15) is 25.8 Å². The molecule has 39 heavy (non-hydrogen) atoms. The first-order valence-corrected chi connectivity index (χ1v) is 11.4. The van der Waals surface area contributed by atoms with E-state index in [-0.39, 0.29) is 23.4 Å². The second-order valence-electron chi connectivity index (χ2n) is 9.16. The molecule has 0 aromatic carbocycles. The molecule has 3 amide bonds. The molecule has 1 spiro atoms. The van der Waals surface area contributed by atoms with Gasteiger partial charge in [-0.2, -0.15) is 26.3 Å². The molecular weight excluding hydrogens is 544 g/mol. The van der Waals surface area contributed by atoms with Crippen molar-refractivity contribution in [2.75, 3.05) is 32.7 Å². The normalized spacial score (nSPS) is 19.7. The average Bonchev–Trinajstić information content (AvgIpc) is 3.05. The van der Waals surface area contributed by atoms with Crippen molar-refractivity contribution in [3.05, 3.63) is 30.1 Å². The number of carboxylic acids is 2. The summed E-state index contributed by atoms with van der Waals surface area (Å²) in [7, 11) is 0. The van der Waals surface area contributed by atoms with Gasteiger partial charge in [0.25, 0.3) is 0 Å². The van der Waals surface area contributed by atoms with Gasteiger partial charge in [-0.25, -0.2) is 14.4 Å². The Morgan fingerprint density at radius 2 is 1.64 bits per heavy atom. The average molecular weight is 573 g/mol. The molecule has 2 aliphatic rings. The molecule has 1 aromatic rings. The van der Waals surface area contributed by atoms with E-state index in [4.69, 9.17) is 19.8 Å². The topological polar surface area (TPSA) is 152 Å². The summed E-state index contributed by atoms with van der Waals surface area (Å²) in [5, 5.41) is 20.2. The van der Waals surface area contributed by atoms with Crippen molar-refractivity contribution in [2.45, 2.75) is 45.2 Å². The van der Waals surface area contributed by atoms with Gasteiger partial charge in [0.2, 0.25) is 5.91 Å². The van der Waals surface area contributed by atoms with Gasteiger partial charge >= 0.3 is 30.3 Å². The Labute approximate surface area is 219 Å². The fraction of sp³-hybridized carbons (Fsp3) is 0.591. The number of carbonyl (C=O) groups is 4. The molecule has 2 aliphatic heterocycles. The van der Waals surface area contributed by atoms with Crippen LogP contribution in [0.15, 0.2) is 24.5 Å². The number of urea groups is 1. The molecular formula is C22H29F6N5O6. The molecule has 2 fully saturated rings. The van der Waals surface area contributed by atoms with Crippen LogP contribution in [-0.4, -0.2) is 100.0 Å². The minimum Gasteiger partial charge on any atom is -0.475 e. The molecule has 0 aliphatic carbocycles. The Morgan fingerprint density at radius 3 is 2.05 bits per heavy atom. The first-order valence-electron chi connectivity index (χ1n) is 11.4. The third kappa shape index (κ3) is 12.2. The number of carboxylic acid groups (broad SMARTS) is 2. The van der Waals surface area contributed by atoms with Crippen molar-refractivity contribution in [3.63, 3.8) is 0 Å². The molecule has 4 N–H and O–H groups in total. The maximum absolute atomic E-state index is 12.5. The van der Waals surface area contributed by atoms with Crippen molar-refractivity contribution in [2.24, 2.45) is 5.41 Å². The number of hydrogen-bond acceptors (Lipinski definition) is 6. The van der Waals surface area contributed by atoms with E-state index in [1.54, 1.807) is 6.20 Å². The summed E-state index contributed by atoms with van der Waals surface area (Å²) in [6.45, 7) is 8.18. The number of aromatic nitrogens is 1. The number of rotatable bonds is 3. The zero-order chi connectivity index (χ0) is 30.0. The molecule has 0 radical (unpaired) electrons. The highest BCUT2D eigenvalue weighted by molar-refractivity contribution is 5.80. The van der Waals surface area contributed by atoms with E-state index in [2.05, 4.69) is 26.6 Å². The predicted molar refractivity (Wildman–Crippen MR) is 122 cm³/mol. The number of amides is 3. The van der Waals surface area contributed by atoms with Crippen molar-refractivity contribution in [1.82, 2.24) is 25.4 Å². The SMILES string of the molecule is CC(C)NC(=O)N1CCN(Cc2cccnc2)CC2(CNC(=O)C2)C1.O=C(O)C(F)(F)F.O=C(O)C(F)(F)F. The zero-order valence-electron chi connectivity index (χ0n) is 21.0. The lowest BCUT2D eigenvalue weighted by Gasteiger charge is -2.33. The second kappa shape index (κ2) is 14.0. The second-order valence-corrected chi connectivity index (χ2v) is 9.16. The van der Waals surface area contributed by atoms with E-state index in [0.29, 0.717) is 26.1 Å². The van der Waals surface area contributed by atoms with Gasteiger partial charge in [-0.1, -0.05) is 6.07 Å². The molecule has 220 valence electrons. The third-order valence-corrected chi connectivity index (χ3v) is 5.28. The van der Waals surface area contributed by atoms with Crippen molar-refractivity contribution >= 4 is 23.9 Å². The number of carbonyl (C=O) groups excluding carboxylic acids is 2. The van der Waals surface area contributed by atoms with Gasteiger partial charge < -0.3 is 25.7 Å². The van der Waals surface area contributed by atoms with Gasteiger partial charge in [0.1, 0.15) is 0 Å². The van der Waals surface area contributed by atoms with Crippen molar-refractivity contribution in [3.8, 4) is 0 Å². The summed E-state index contributed by atoms with van der Waals surface area (Å²) in [5.74, 6) is -5.44. The molecule has 3 rings (SSSR count). The third-order valence-electron chi connectivity index (χ3n) is 5.28. The van der Waals surface area contributed by atoms with E-state index in [0.717, 1.165) is 25.2 Å². The fourth-order valence-electron chi connectivity index (χ4n) is 3.72. The van der Waals surface area contributed by atoms with Crippen LogP contribution in [0.2, 0.25) is 0 Å². The van der Waals surface area contributed by atoms with Gasteiger partial charge in [-0.15, -0.1) is 0 Å². The number of aliphatic carboxylic acids is 2. The fourth-order valence-corrected chi connectivity index (χ4v) is 3.72. The predicted octanol–water partition coefficient (Wildman–Crippen LogP) is 2.09. The number of alkyl halides is 6.